The summed E-state index contributed by atoms with van der Waals surface area (Å²) < 4.78 is 10.6. The maximum atomic E-state index is 12.2. The van der Waals surface area contributed by atoms with E-state index in [0.29, 0.717) is 29.1 Å². The molecule has 0 bridgehead atoms. The van der Waals surface area contributed by atoms with Crippen LogP contribution in [0.25, 0.3) is 11.1 Å². The Hall–Kier alpha value is -3.48. The Morgan fingerprint density at radius 1 is 1.19 bits per heavy atom. The molecule has 2 aromatic carbocycles. The topological polar surface area (TPSA) is 98.5 Å². The molecule has 0 aliphatic carbocycles. The smallest absolute Gasteiger partial charge is 0.306 e. The van der Waals surface area contributed by atoms with Gasteiger partial charge in [0, 0.05) is 17.7 Å². The van der Waals surface area contributed by atoms with Crippen LogP contribution in [0.5, 0.6) is 0 Å². The molecule has 1 aromatic heterocycles. The molecule has 7 nitrogen and oxygen atoms in total. The first-order valence-electron chi connectivity index (χ1n) is 8.54. The monoisotopic (exact) mass is 364 g/mol. The quantitative estimate of drug-likeness (QED) is 0.533. The lowest BCUT2D eigenvalue weighted by Gasteiger charge is -2.05. The maximum absolute atomic E-state index is 12.2. The number of oxazole rings is 1. The zero-order chi connectivity index (χ0) is 18.8. The Labute approximate surface area is 154 Å². The normalized spacial score (nSPS) is 12.7. The van der Waals surface area contributed by atoms with E-state index < -0.39 is 5.97 Å². The minimum atomic E-state index is -0.497. The summed E-state index contributed by atoms with van der Waals surface area (Å²) in [5, 5.41) is 2.71. The summed E-state index contributed by atoms with van der Waals surface area (Å²) in [5.41, 5.74) is 3.30. The number of rotatable bonds is 6. The van der Waals surface area contributed by atoms with Crippen LogP contribution in [-0.2, 0) is 27.2 Å². The third-order valence-corrected chi connectivity index (χ3v) is 4.30. The minimum Gasteiger partial charge on any atom is -0.457 e. The van der Waals surface area contributed by atoms with Crippen LogP contribution in [0.4, 0.5) is 5.69 Å². The highest BCUT2D eigenvalue weighted by Gasteiger charge is 2.19. The Morgan fingerprint density at radius 3 is 2.89 bits per heavy atom. The highest BCUT2D eigenvalue weighted by Crippen LogP contribution is 2.24. The molecule has 3 aromatic rings. The fourth-order valence-electron chi connectivity index (χ4n) is 2.94. The molecule has 0 fully saturated rings. The predicted octanol–water partition coefficient (Wildman–Crippen LogP) is 2.68. The number of nitrogens with zero attached hydrogens (tertiary/aromatic N) is 1. The summed E-state index contributed by atoms with van der Waals surface area (Å²) >= 11 is 0. The number of carbonyl (C=O) groups excluding carboxylic acids is 3. The molecule has 7 heteroatoms. The second-order valence-electron chi connectivity index (χ2n) is 6.26. The third-order valence-electron chi connectivity index (χ3n) is 4.30. The van der Waals surface area contributed by atoms with Crippen molar-refractivity contribution in [2.75, 3.05) is 11.9 Å². The van der Waals surface area contributed by atoms with Crippen molar-refractivity contribution in [1.82, 2.24) is 4.98 Å². The summed E-state index contributed by atoms with van der Waals surface area (Å²) in [6.45, 7) is -0.341. The van der Waals surface area contributed by atoms with Crippen LogP contribution >= 0.6 is 0 Å². The molecule has 136 valence electrons. The van der Waals surface area contributed by atoms with Gasteiger partial charge in [0.1, 0.15) is 5.52 Å². The molecule has 0 spiro atoms. The molecular weight excluding hydrogens is 348 g/mol. The first kappa shape index (κ1) is 17.0. The van der Waals surface area contributed by atoms with Crippen molar-refractivity contribution in [3.63, 3.8) is 0 Å². The second kappa shape index (κ2) is 7.03. The molecule has 2 heterocycles. The van der Waals surface area contributed by atoms with Crippen molar-refractivity contribution < 1.29 is 23.5 Å². The molecule has 0 saturated heterocycles. The number of anilines is 1. The standard InChI is InChI=1S/C20H16N2O5/c23-16(12-5-6-14-13(9-12)10-18(24)21-14)11-26-20(25)8-7-19-22-15-3-1-2-4-17(15)27-19/h1-6,9H,7-8,10-11H2,(H,21,24). The molecule has 0 atom stereocenters. The lowest BCUT2D eigenvalue weighted by Crippen LogP contribution is -2.14. The van der Waals surface area contributed by atoms with E-state index in [2.05, 4.69) is 10.3 Å². The largest absolute Gasteiger partial charge is 0.457 e. The number of esters is 1. The van der Waals surface area contributed by atoms with Gasteiger partial charge < -0.3 is 14.5 Å². The van der Waals surface area contributed by atoms with Gasteiger partial charge in [0.25, 0.3) is 0 Å². The molecule has 1 N–H and O–H groups in total. The number of carbonyl (C=O) groups is 3. The molecular formula is C20H16N2O5. The van der Waals surface area contributed by atoms with Gasteiger partial charge in [0.05, 0.1) is 12.8 Å². The van der Waals surface area contributed by atoms with Crippen LogP contribution in [0.3, 0.4) is 0 Å². The number of para-hydroxylation sites is 2. The number of amides is 1. The molecule has 1 aliphatic heterocycles. The van der Waals surface area contributed by atoms with Gasteiger partial charge in [-0.25, -0.2) is 4.98 Å². The van der Waals surface area contributed by atoms with E-state index in [-0.39, 0.29) is 31.1 Å². The first-order valence-corrected chi connectivity index (χ1v) is 8.54. The van der Waals surface area contributed by atoms with Crippen molar-refractivity contribution in [1.29, 1.82) is 0 Å². The Kier molecular flexibility index (Phi) is 4.42. The lowest BCUT2D eigenvalue weighted by atomic mass is 10.1. The number of aromatic nitrogens is 1. The van der Waals surface area contributed by atoms with E-state index >= 15 is 0 Å². The van der Waals surface area contributed by atoms with Gasteiger partial charge in [0.2, 0.25) is 5.91 Å². The van der Waals surface area contributed by atoms with E-state index in [1.807, 2.05) is 24.3 Å². The van der Waals surface area contributed by atoms with Gasteiger partial charge in [-0.05, 0) is 35.9 Å². The Morgan fingerprint density at radius 2 is 2.04 bits per heavy atom. The van der Waals surface area contributed by atoms with Gasteiger partial charge in [-0.2, -0.15) is 0 Å². The average Bonchev–Trinajstić information content (AvgIpc) is 3.25. The van der Waals surface area contributed by atoms with Crippen molar-refractivity contribution in [3.05, 3.63) is 59.5 Å². The Balaban J connectivity index is 1.29. The van der Waals surface area contributed by atoms with Crippen LogP contribution < -0.4 is 5.32 Å². The number of ether oxygens (including phenoxy) is 1. The van der Waals surface area contributed by atoms with Gasteiger partial charge >= 0.3 is 5.97 Å². The lowest BCUT2D eigenvalue weighted by molar-refractivity contribution is -0.142. The summed E-state index contributed by atoms with van der Waals surface area (Å²) in [5.74, 6) is -0.452. The number of hydrogen-bond acceptors (Lipinski definition) is 6. The second-order valence-corrected chi connectivity index (χ2v) is 6.26. The fraction of sp³-hybridized carbons (Fsp3) is 0.200. The average molecular weight is 364 g/mol. The summed E-state index contributed by atoms with van der Waals surface area (Å²) in [7, 11) is 0. The van der Waals surface area contributed by atoms with Gasteiger partial charge in [0.15, 0.2) is 23.9 Å². The fourth-order valence-corrected chi connectivity index (χ4v) is 2.94. The van der Waals surface area contributed by atoms with Crippen molar-refractivity contribution in [2.24, 2.45) is 0 Å². The van der Waals surface area contributed by atoms with Crippen LogP contribution in [-0.4, -0.2) is 29.3 Å². The van der Waals surface area contributed by atoms with Crippen LogP contribution in [0.1, 0.15) is 28.2 Å². The van der Waals surface area contributed by atoms with Crippen molar-refractivity contribution >= 4 is 34.4 Å². The van der Waals surface area contributed by atoms with Crippen molar-refractivity contribution in [2.45, 2.75) is 19.3 Å². The van der Waals surface area contributed by atoms with E-state index in [4.69, 9.17) is 9.15 Å². The summed E-state index contributed by atoms with van der Waals surface area (Å²) in [6, 6.07) is 12.3. The number of fused-ring (bicyclic) bond motifs is 2. The zero-order valence-corrected chi connectivity index (χ0v) is 14.4. The number of ketones is 1. The predicted molar refractivity (Wildman–Crippen MR) is 96.4 cm³/mol. The van der Waals surface area contributed by atoms with Gasteiger partial charge in [-0.15, -0.1) is 0 Å². The van der Waals surface area contributed by atoms with Crippen LogP contribution in [0.2, 0.25) is 0 Å². The number of benzene rings is 2. The number of Topliss-reactive ketones (excluding diaryl/α,β-unsaturated/α-hetero) is 1. The van der Waals surface area contributed by atoms with Crippen molar-refractivity contribution in [3.8, 4) is 0 Å². The third kappa shape index (κ3) is 3.72. The highest BCUT2D eigenvalue weighted by molar-refractivity contribution is 6.02. The van der Waals surface area contributed by atoms with Gasteiger partial charge in [-0.1, -0.05) is 12.1 Å². The highest BCUT2D eigenvalue weighted by atomic mass is 16.5. The molecule has 0 saturated carbocycles. The molecule has 1 aliphatic rings. The number of nitrogens with one attached hydrogen (secondary N) is 1. The molecule has 1 amide bonds. The van der Waals surface area contributed by atoms with E-state index in [1.54, 1.807) is 18.2 Å². The summed E-state index contributed by atoms with van der Waals surface area (Å²) in [4.78, 5) is 39.8. The van der Waals surface area contributed by atoms with Gasteiger partial charge in [-0.3, -0.25) is 14.4 Å². The SMILES string of the molecule is O=C1Cc2cc(C(=O)COC(=O)CCc3nc4ccccc4o3)ccc2N1. The molecule has 0 radical (unpaired) electrons. The van der Waals surface area contributed by atoms with Crippen LogP contribution in [0, 0.1) is 0 Å². The molecule has 0 unspecified atom stereocenters. The van der Waals surface area contributed by atoms with E-state index in [0.717, 1.165) is 11.1 Å². The Bertz CT molecular complexity index is 1020. The molecule has 27 heavy (non-hydrogen) atoms. The number of aryl methyl sites for hydroxylation is 1. The zero-order valence-electron chi connectivity index (χ0n) is 14.4. The maximum Gasteiger partial charge on any atom is 0.306 e. The first-order chi connectivity index (χ1) is 13.1. The van der Waals surface area contributed by atoms with E-state index in [9.17, 15) is 14.4 Å². The van der Waals surface area contributed by atoms with Crippen LogP contribution in [0.15, 0.2) is 46.9 Å². The van der Waals surface area contributed by atoms with E-state index in [1.165, 1.54) is 0 Å². The molecule has 4 rings (SSSR count). The number of hydrogen-bond donors (Lipinski definition) is 1. The summed E-state index contributed by atoms with van der Waals surface area (Å²) in [6.07, 6.45) is 0.623. The minimum absolute atomic E-state index is 0.0721.